The number of benzene rings is 1. The zero-order chi connectivity index (χ0) is 17.2. The first-order chi connectivity index (χ1) is 12.0. The van der Waals surface area contributed by atoms with Gasteiger partial charge in [-0.05, 0) is 40.9 Å². The number of dihydropyridines is 1. The Bertz CT molecular complexity index is 1090. The monoisotopic (exact) mass is 357 g/mol. The Morgan fingerprint density at radius 2 is 1.92 bits per heavy atom. The second kappa shape index (κ2) is 5.01. The van der Waals surface area contributed by atoms with Crippen molar-refractivity contribution >= 4 is 26.7 Å². The van der Waals surface area contributed by atoms with E-state index in [1.165, 1.54) is 0 Å². The van der Waals surface area contributed by atoms with Crippen LogP contribution in [-0.4, -0.2) is 30.3 Å². The van der Waals surface area contributed by atoms with Gasteiger partial charge in [0.2, 0.25) is 0 Å². The lowest BCUT2D eigenvalue weighted by Gasteiger charge is -2.33. The van der Waals surface area contributed by atoms with E-state index in [4.69, 9.17) is 4.63 Å². The molecule has 25 heavy (non-hydrogen) atoms. The van der Waals surface area contributed by atoms with Crippen molar-refractivity contribution in [1.82, 2.24) is 15.6 Å². The Morgan fingerprint density at radius 1 is 1.08 bits per heavy atom. The maximum atomic E-state index is 12.7. The predicted octanol–water partition coefficient (Wildman–Crippen LogP) is 1.95. The van der Waals surface area contributed by atoms with E-state index in [-0.39, 0.29) is 11.5 Å². The van der Waals surface area contributed by atoms with Crippen LogP contribution >= 0.6 is 0 Å². The van der Waals surface area contributed by atoms with Gasteiger partial charge in [-0.3, -0.25) is 4.79 Å². The quantitative estimate of drug-likeness (QED) is 0.832. The molecule has 0 saturated heterocycles. The molecule has 8 heteroatoms. The molecule has 1 aliphatic carbocycles. The van der Waals surface area contributed by atoms with E-state index in [1.807, 2.05) is 6.07 Å². The van der Waals surface area contributed by atoms with E-state index >= 15 is 0 Å². The number of fused-ring (bicyclic) bond motifs is 1. The van der Waals surface area contributed by atoms with Crippen LogP contribution in [-0.2, 0) is 14.6 Å². The highest BCUT2D eigenvalue weighted by Crippen LogP contribution is 2.47. The molecule has 0 fully saturated rings. The average molecular weight is 357 g/mol. The predicted molar refractivity (Wildman–Crippen MR) is 89.0 cm³/mol. The summed E-state index contributed by atoms with van der Waals surface area (Å²) in [5, 5.41) is 10.9. The van der Waals surface area contributed by atoms with E-state index in [1.54, 1.807) is 12.1 Å². The number of aromatic nitrogens is 2. The minimum absolute atomic E-state index is 0.0192. The second-order valence-corrected chi connectivity index (χ2v) is 8.73. The molecule has 5 rings (SSSR count). The fourth-order valence-corrected chi connectivity index (χ4v) is 5.91. The van der Waals surface area contributed by atoms with Gasteiger partial charge >= 0.3 is 0 Å². The van der Waals surface area contributed by atoms with Gasteiger partial charge in [0, 0.05) is 29.8 Å². The van der Waals surface area contributed by atoms with Gasteiger partial charge in [-0.25, -0.2) is 13.0 Å². The lowest BCUT2D eigenvalue weighted by molar-refractivity contribution is -0.116. The van der Waals surface area contributed by atoms with Gasteiger partial charge in [-0.2, -0.15) is 0 Å². The van der Waals surface area contributed by atoms with Crippen molar-refractivity contribution in [2.45, 2.75) is 31.6 Å². The standard InChI is InChI=1S/C17H15N3O4S/c21-14-3-1-2-11-16(14)15(17-12(18-11)6-7-25(17,22)23)9-4-5-10-13(8-9)20-24-19-10/h4-5,8,15,18H,1-3,6-7H2. The van der Waals surface area contributed by atoms with Crippen LogP contribution in [0.1, 0.15) is 37.2 Å². The lowest BCUT2D eigenvalue weighted by Crippen LogP contribution is -2.32. The maximum absolute atomic E-state index is 12.7. The largest absolute Gasteiger partial charge is 0.361 e. The molecule has 1 N–H and O–H groups in total. The summed E-state index contributed by atoms with van der Waals surface area (Å²) in [7, 11) is -3.39. The number of Topliss-reactive ketones (excluding diaryl/α,β-unsaturated/α-hetero) is 1. The number of nitrogens with one attached hydrogen (secondary N) is 1. The second-order valence-electron chi connectivity index (χ2n) is 6.65. The first-order valence-corrected chi connectivity index (χ1v) is 9.91. The molecule has 2 aromatic rings. The molecule has 0 spiro atoms. The van der Waals surface area contributed by atoms with Crippen LogP contribution in [0.25, 0.3) is 11.0 Å². The molecule has 1 atom stereocenters. The molecule has 1 unspecified atom stereocenters. The maximum Gasteiger partial charge on any atom is 0.177 e. The number of ketones is 1. The fourth-order valence-electron chi connectivity index (χ4n) is 4.07. The molecular weight excluding hydrogens is 342 g/mol. The Labute approximate surface area is 143 Å². The van der Waals surface area contributed by atoms with E-state index in [2.05, 4.69) is 15.6 Å². The van der Waals surface area contributed by atoms with Gasteiger partial charge in [0.25, 0.3) is 0 Å². The number of hydrogen-bond donors (Lipinski definition) is 1. The summed E-state index contributed by atoms with van der Waals surface area (Å²) in [6, 6.07) is 5.33. The summed E-state index contributed by atoms with van der Waals surface area (Å²) in [6.07, 6.45) is 2.47. The van der Waals surface area contributed by atoms with Crippen LogP contribution in [0.2, 0.25) is 0 Å². The Balaban J connectivity index is 1.77. The molecular formula is C17H15N3O4S. The highest BCUT2D eigenvalue weighted by Gasteiger charge is 2.44. The van der Waals surface area contributed by atoms with Crippen LogP contribution < -0.4 is 5.32 Å². The third kappa shape index (κ3) is 2.10. The molecule has 0 saturated carbocycles. The van der Waals surface area contributed by atoms with Crippen molar-refractivity contribution in [2.75, 3.05) is 5.75 Å². The normalized spacial score (nSPS) is 25.1. The number of nitrogens with zero attached hydrogens (tertiary/aromatic N) is 2. The summed E-state index contributed by atoms with van der Waals surface area (Å²) < 4.78 is 30.1. The molecule has 0 bridgehead atoms. The van der Waals surface area contributed by atoms with Crippen LogP contribution in [0, 0.1) is 0 Å². The lowest BCUT2D eigenvalue weighted by atomic mass is 9.79. The molecule has 3 aliphatic rings. The SMILES string of the molecule is O=C1CCCC2=C1C(c1ccc3nonc3c1)C1=C(CCS1(=O)=O)N2. The summed E-state index contributed by atoms with van der Waals surface area (Å²) >= 11 is 0. The van der Waals surface area contributed by atoms with Crippen molar-refractivity contribution in [3.63, 3.8) is 0 Å². The van der Waals surface area contributed by atoms with E-state index < -0.39 is 15.8 Å². The van der Waals surface area contributed by atoms with Gasteiger partial charge in [0.05, 0.1) is 16.6 Å². The number of carbonyl (C=O) groups is 1. The van der Waals surface area contributed by atoms with Crippen LogP contribution in [0.15, 0.2) is 44.7 Å². The fraction of sp³-hybridized carbons (Fsp3) is 0.353. The molecule has 2 aliphatic heterocycles. The van der Waals surface area contributed by atoms with Crippen LogP contribution in [0.5, 0.6) is 0 Å². The summed E-state index contributed by atoms with van der Waals surface area (Å²) in [6.45, 7) is 0. The van der Waals surface area contributed by atoms with Crippen LogP contribution in [0.3, 0.4) is 0 Å². The number of carbonyl (C=O) groups excluding carboxylic acids is 1. The van der Waals surface area contributed by atoms with Crippen molar-refractivity contribution < 1.29 is 17.8 Å². The van der Waals surface area contributed by atoms with Crippen molar-refractivity contribution in [3.05, 3.63) is 45.6 Å². The smallest absolute Gasteiger partial charge is 0.177 e. The molecule has 128 valence electrons. The Morgan fingerprint density at radius 3 is 2.80 bits per heavy atom. The van der Waals surface area contributed by atoms with Crippen molar-refractivity contribution in [2.24, 2.45) is 0 Å². The first kappa shape index (κ1) is 14.8. The summed E-state index contributed by atoms with van der Waals surface area (Å²) in [5.41, 5.74) is 4.09. The highest BCUT2D eigenvalue weighted by atomic mass is 32.2. The van der Waals surface area contributed by atoms with Gasteiger partial charge in [-0.1, -0.05) is 6.07 Å². The molecule has 1 aromatic carbocycles. The summed E-state index contributed by atoms with van der Waals surface area (Å²) in [4.78, 5) is 13.0. The number of rotatable bonds is 1. The zero-order valence-corrected chi connectivity index (χ0v) is 14.1. The third-order valence-corrected chi connectivity index (χ3v) is 7.07. The van der Waals surface area contributed by atoms with Crippen molar-refractivity contribution in [3.8, 4) is 0 Å². The molecule has 0 amide bonds. The number of sulfone groups is 1. The van der Waals surface area contributed by atoms with Gasteiger partial charge in [0.1, 0.15) is 11.0 Å². The number of hydrogen-bond acceptors (Lipinski definition) is 7. The third-order valence-electron chi connectivity index (χ3n) is 5.17. The topological polar surface area (TPSA) is 102 Å². The Kier molecular flexibility index (Phi) is 2.97. The molecule has 7 nitrogen and oxygen atoms in total. The average Bonchev–Trinajstić information content (AvgIpc) is 3.17. The van der Waals surface area contributed by atoms with Gasteiger partial charge in [-0.15, -0.1) is 0 Å². The van der Waals surface area contributed by atoms with Crippen LogP contribution in [0.4, 0.5) is 0 Å². The minimum atomic E-state index is -3.39. The zero-order valence-electron chi connectivity index (χ0n) is 13.3. The Hall–Kier alpha value is -2.48. The van der Waals surface area contributed by atoms with E-state index in [0.717, 1.165) is 29.8 Å². The van der Waals surface area contributed by atoms with Crippen molar-refractivity contribution in [1.29, 1.82) is 0 Å². The molecule has 3 heterocycles. The minimum Gasteiger partial charge on any atom is -0.361 e. The van der Waals surface area contributed by atoms with E-state index in [0.29, 0.717) is 34.4 Å². The van der Waals surface area contributed by atoms with Gasteiger partial charge in [0.15, 0.2) is 15.6 Å². The van der Waals surface area contributed by atoms with E-state index in [9.17, 15) is 13.2 Å². The molecule has 0 radical (unpaired) electrons. The van der Waals surface area contributed by atoms with Gasteiger partial charge < -0.3 is 5.32 Å². The molecule has 1 aromatic heterocycles. The first-order valence-electron chi connectivity index (χ1n) is 8.26. The summed E-state index contributed by atoms with van der Waals surface area (Å²) in [5.74, 6) is -0.456. The number of allylic oxidation sites excluding steroid dienone is 4. The highest BCUT2D eigenvalue weighted by molar-refractivity contribution is 7.95.